The van der Waals surface area contributed by atoms with E-state index in [0.717, 1.165) is 17.1 Å². The van der Waals surface area contributed by atoms with Gasteiger partial charge in [-0.15, -0.1) is 0 Å². The number of rotatable bonds is 7. The van der Waals surface area contributed by atoms with Crippen LogP contribution >= 0.6 is 0 Å². The number of benzene rings is 2. The second-order valence-corrected chi connectivity index (χ2v) is 5.70. The first-order valence-electron chi connectivity index (χ1n) is 8.24. The highest BCUT2D eigenvalue weighted by Crippen LogP contribution is 2.32. The molecule has 0 atom stereocenters. The van der Waals surface area contributed by atoms with Gasteiger partial charge in [0, 0.05) is 19.5 Å². The van der Waals surface area contributed by atoms with Gasteiger partial charge in [0.05, 0.1) is 18.4 Å². The summed E-state index contributed by atoms with van der Waals surface area (Å²) in [5.74, 6) is 0.820. The molecule has 1 amide bonds. The fourth-order valence-corrected chi connectivity index (χ4v) is 2.58. The summed E-state index contributed by atoms with van der Waals surface area (Å²) in [7, 11) is 1.31. The average Bonchev–Trinajstić information content (AvgIpc) is 3.13. The molecule has 1 heterocycles. The fraction of sp³-hybridized carbons (Fsp3) is 0.263. The lowest BCUT2D eigenvalue weighted by molar-refractivity contribution is -0.116. The van der Waals surface area contributed by atoms with Crippen LogP contribution in [0.5, 0.6) is 11.5 Å². The monoisotopic (exact) mass is 356 g/mol. The van der Waals surface area contributed by atoms with Gasteiger partial charge >= 0.3 is 5.97 Å². The SMILES string of the molecule is COC(=O)c1ccccc1NC(=O)CCNCc1ccc2c(c1)OCO2. The van der Waals surface area contributed by atoms with Gasteiger partial charge in [0.2, 0.25) is 12.7 Å². The molecule has 1 aliphatic heterocycles. The fourth-order valence-electron chi connectivity index (χ4n) is 2.58. The van der Waals surface area contributed by atoms with Gasteiger partial charge in [0.25, 0.3) is 0 Å². The molecule has 0 fully saturated rings. The van der Waals surface area contributed by atoms with Gasteiger partial charge in [-0.05, 0) is 29.8 Å². The topological polar surface area (TPSA) is 85.9 Å². The van der Waals surface area contributed by atoms with Crippen molar-refractivity contribution in [2.75, 3.05) is 25.8 Å². The zero-order chi connectivity index (χ0) is 18.4. The van der Waals surface area contributed by atoms with Crippen molar-refractivity contribution in [2.45, 2.75) is 13.0 Å². The highest BCUT2D eigenvalue weighted by atomic mass is 16.7. The third kappa shape index (κ3) is 4.31. The summed E-state index contributed by atoms with van der Waals surface area (Å²) < 4.78 is 15.3. The van der Waals surface area contributed by atoms with Crippen LogP contribution in [0.3, 0.4) is 0 Å². The molecule has 0 bridgehead atoms. The Labute approximate surface area is 151 Å². The van der Waals surface area contributed by atoms with E-state index in [2.05, 4.69) is 10.6 Å². The lowest BCUT2D eigenvalue weighted by atomic mass is 10.1. The molecule has 7 heteroatoms. The van der Waals surface area contributed by atoms with Crippen LogP contribution in [0.4, 0.5) is 5.69 Å². The molecule has 0 aliphatic carbocycles. The number of hydrogen-bond donors (Lipinski definition) is 2. The Bertz CT molecular complexity index is 806. The number of carbonyl (C=O) groups excluding carboxylic acids is 2. The Balaban J connectivity index is 1.46. The Kier molecular flexibility index (Phi) is 5.70. The Morgan fingerprint density at radius 1 is 1.12 bits per heavy atom. The van der Waals surface area contributed by atoms with Gasteiger partial charge in [-0.25, -0.2) is 4.79 Å². The number of amides is 1. The molecular weight excluding hydrogens is 336 g/mol. The molecule has 0 spiro atoms. The van der Waals surface area contributed by atoms with Gasteiger partial charge in [-0.2, -0.15) is 0 Å². The van der Waals surface area contributed by atoms with Crippen LogP contribution in [0.1, 0.15) is 22.3 Å². The van der Waals surface area contributed by atoms with Crippen molar-refractivity contribution in [3.8, 4) is 11.5 Å². The summed E-state index contributed by atoms with van der Waals surface area (Å²) in [6.45, 7) is 1.36. The van der Waals surface area contributed by atoms with Crippen molar-refractivity contribution in [1.82, 2.24) is 5.32 Å². The second kappa shape index (κ2) is 8.35. The highest BCUT2D eigenvalue weighted by molar-refractivity contribution is 6.01. The van der Waals surface area contributed by atoms with Crippen molar-refractivity contribution < 1.29 is 23.8 Å². The number of para-hydroxylation sites is 1. The Hall–Kier alpha value is -3.06. The number of hydrogen-bond acceptors (Lipinski definition) is 6. The Morgan fingerprint density at radius 3 is 2.77 bits per heavy atom. The molecule has 136 valence electrons. The molecule has 0 unspecified atom stereocenters. The number of ether oxygens (including phenoxy) is 3. The minimum atomic E-state index is -0.484. The summed E-state index contributed by atoms with van der Waals surface area (Å²) in [6, 6.07) is 12.5. The first-order valence-corrected chi connectivity index (χ1v) is 8.24. The van der Waals surface area contributed by atoms with E-state index < -0.39 is 5.97 Å². The van der Waals surface area contributed by atoms with Gasteiger partial charge in [0.15, 0.2) is 11.5 Å². The van der Waals surface area contributed by atoms with E-state index in [1.165, 1.54) is 7.11 Å². The maximum absolute atomic E-state index is 12.1. The maximum Gasteiger partial charge on any atom is 0.339 e. The van der Waals surface area contributed by atoms with E-state index in [1.807, 2.05) is 18.2 Å². The molecule has 3 rings (SSSR count). The lowest BCUT2D eigenvalue weighted by Crippen LogP contribution is -2.22. The molecule has 2 aromatic carbocycles. The summed E-state index contributed by atoms with van der Waals surface area (Å²) in [6.07, 6.45) is 0.278. The summed E-state index contributed by atoms with van der Waals surface area (Å²) in [5, 5.41) is 5.95. The number of nitrogens with one attached hydrogen (secondary N) is 2. The van der Waals surface area contributed by atoms with Gasteiger partial charge in [0.1, 0.15) is 0 Å². The molecule has 1 aliphatic rings. The van der Waals surface area contributed by atoms with Crippen molar-refractivity contribution in [3.05, 3.63) is 53.6 Å². The molecule has 0 saturated heterocycles. The van der Waals surface area contributed by atoms with Crippen molar-refractivity contribution in [3.63, 3.8) is 0 Å². The molecule has 7 nitrogen and oxygen atoms in total. The smallest absolute Gasteiger partial charge is 0.339 e. The number of carbonyl (C=O) groups is 2. The summed E-state index contributed by atoms with van der Waals surface area (Å²) in [4.78, 5) is 23.8. The first-order chi connectivity index (χ1) is 12.7. The molecule has 0 aromatic heterocycles. The lowest BCUT2D eigenvalue weighted by Gasteiger charge is -2.10. The third-order valence-corrected chi connectivity index (χ3v) is 3.90. The predicted octanol–water partition coefficient (Wildman–Crippen LogP) is 2.32. The molecule has 2 aromatic rings. The van der Waals surface area contributed by atoms with Crippen LogP contribution < -0.4 is 20.1 Å². The summed E-state index contributed by atoms with van der Waals surface area (Å²) >= 11 is 0. The van der Waals surface area contributed by atoms with Crippen LogP contribution in [0.15, 0.2) is 42.5 Å². The van der Waals surface area contributed by atoms with Crippen molar-refractivity contribution >= 4 is 17.6 Å². The van der Waals surface area contributed by atoms with E-state index in [1.54, 1.807) is 24.3 Å². The maximum atomic E-state index is 12.1. The van der Waals surface area contributed by atoms with E-state index >= 15 is 0 Å². The van der Waals surface area contributed by atoms with Gasteiger partial charge in [-0.3, -0.25) is 4.79 Å². The van der Waals surface area contributed by atoms with E-state index in [9.17, 15) is 9.59 Å². The van der Waals surface area contributed by atoms with Crippen LogP contribution in [0.2, 0.25) is 0 Å². The Morgan fingerprint density at radius 2 is 1.92 bits per heavy atom. The van der Waals surface area contributed by atoms with Crippen LogP contribution in [-0.4, -0.2) is 32.3 Å². The number of methoxy groups -OCH3 is 1. The highest BCUT2D eigenvalue weighted by Gasteiger charge is 2.14. The molecule has 0 saturated carbocycles. The van der Waals surface area contributed by atoms with E-state index in [0.29, 0.717) is 24.3 Å². The quantitative estimate of drug-likeness (QED) is 0.585. The average molecular weight is 356 g/mol. The number of anilines is 1. The van der Waals surface area contributed by atoms with Crippen LogP contribution in [-0.2, 0) is 16.1 Å². The second-order valence-electron chi connectivity index (χ2n) is 5.70. The molecule has 26 heavy (non-hydrogen) atoms. The van der Waals surface area contributed by atoms with Gasteiger partial charge in [-0.1, -0.05) is 18.2 Å². The summed E-state index contributed by atoms with van der Waals surface area (Å²) in [5.41, 5.74) is 1.82. The van der Waals surface area contributed by atoms with E-state index in [-0.39, 0.29) is 19.1 Å². The minimum absolute atomic E-state index is 0.181. The molecule has 2 N–H and O–H groups in total. The molecular formula is C19H20N2O5. The van der Waals surface area contributed by atoms with Crippen molar-refractivity contribution in [2.24, 2.45) is 0 Å². The zero-order valence-corrected chi connectivity index (χ0v) is 14.4. The first kappa shape index (κ1) is 17.8. The largest absolute Gasteiger partial charge is 0.465 e. The van der Waals surface area contributed by atoms with Gasteiger partial charge < -0.3 is 24.8 Å². The van der Waals surface area contributed by atoms with E-state index in [4.69, 9.17) is 14.2 Å². The van der Waals surface area contributed by atoms with Crippen LogP contribution in [0.25, 0.3) is 0 Å². The number of fused-ring (bicyclic) bond motifs is 1. The zero-order valence-electron chi connectivity index (χ0n) is 14.4. The number of esters is 1. The minimum Gasteiger partial charge on any atom is -0.465 e. The predicted molar refractivity (Wildman–Crippen MR) is 95.3 cm³/mol. The molecule has 0 radical (unpaired) electrons. The standard InChI is InChI=1S/C19H20N2O5/c1-24-19(23)14-4-2-3-5-15(14)21-18(22)8-9-20-11-13-6-7-16-17(10-13)26-12-25-16/h2-7,10,20H,8-9,11-12H2,1H3,(H,21,22). The third-order valence-electron chi connectivity index (χ3n) is 3.90. The normalized spacial score (nSPS) is 11.9. The van der Waals surface area contributed by atoms with Crippen LogP contribution in [0, 0.1) is 0 Å². The van der Waals surface area contributed by atoms with Crippen molar-refractivity contribution in [1.29, 1.82) is 0 Å².